The molecule has 0 aliphatic heterocycles. The molecule has 12 rings (SSSR count). The summed E-state index contributed by atoms with van der Waals surface area (Å²) in [6, 6.07) is 0. The average Bonchev–Trinajstić information content (AvgIpc) is 2.82. The van der Waals surface area contributed by atoms with Crippen molar-refractivity contribution in [1.82, 2.24) is 5.32 Å². The number of amides is 1. The molecule has 0 saturated heterocycles. The van der Waals surface area contributed by atoms with Gasteiger partial charge < -0.3 is 5.32 Å². The van der Waals surface area contributed by atoms with Gasteiger partial charge in [-0.2, -0.15) is 0 Å². The van der Waals surface area contributed by atoms with Crippen molar-refractivity contribution in [2.45, 2.75) is 122 Å². The molecule has 1 N–H and O–H groups in total. The lowest BCUT2D eigenvalue weighted by molar-refractivity contribution is -0.277. The molecule has 12 aliphatic carbocycles. The lowest BCUT2D eigenvalue weighted by Gasteiger charge is -2.78. The van der Waals surface area contributed by atoms with Gasteiger partial charge in [0.2, 0.25) is 5.91 Å². The third kappa shape index (κ3) is 2.70. The zero-order valence-corrected chi connectivity index (χ0v) is 23.4. The van der Waals surface area contributed by atoms with Crippen LogP contribution in [0.2, 0.25) is 0 Å². The molecule has 6 unspecified atom stereocenters. The SMILES string of the molecule is C#CC12CC3CC(C1)CC(C14CC5CC(C1)CC(C16CC7CC(CC(C(=O)NCC)(C7)C1)C6)(C5)C4)(C3)C2. The minimum atomic E-state index is -0.0369. The maximum Gasteiger partial charge on any atom is 0.226 e. The highest BCUT2D eigenvalue weighted by Crippen LogP contribution is 2.83. The molecule has 0 spiro atoms. The lowest BCUT2D eigenvalue weighted by Crippen LogP contribution is -2.69. The van der Waals surface area contributed by atoms with E-state index in [0.29, 0.717) is 27.6 Å². The first kappa shape index (κ1) is 22.8. The molecule has 1 amide bonds. The minimum absolute atomic E-state index is 0.0369. The molecule has 200 valence electrons. The largest absolute Gasteiger partial charge is 0.356 e. The number of nitrogens with one attached hydrogen (secondary N) is 1. The summed E-state index contributed by atoms with van der Waals surface area (Å²) in [5, 5.41) is 3.34. The number of carbonyl (C=O) groups is 1. The van der Waals surface area contributed by atoms with Crippen molar-refractivity contribution >= 4 is 5.91 Å². The maximum atomic E-state index is 13.7. The number of hydrogen-bond acceptors (Lipinski definition) is 1. The molecular weight excluding hydrogens is 450 g/mol. The van der Waals surface area contributed by atoms with Gasteiger partial charge in [0.15, 0.2) is 0 Å². The van der Waals surface area contributed by atoms with Crippen LogP contribution in [-0.4, -0.2) is 12.5 Å². The summed E-state index contributed by atoms with van der Waals surface area (Å²) in [5.74, 6) is 9.30. The van der Waals surface area contributed by atoms with Crippen molar-refractivity contribution in [2.75, 3.05) is 6.54 Å². The molecule has 37 heavy (non-hydrogen) atoms. The van der Waals surface area contributed by atoms with E-state index in [0.717, 1.165) is 42.1 Å². The zero-order chi connectivity index (χ0) is 24.9. The molecule has 0 aromatic rings. The Morgan fingerprint density at radius 2 is 1.05 bits per heavy atom. The predicted octanol–water partition coefficient (Wildman–Crippen LogP) is 7.52. The van der Waals surface area contributed by atoms with Crippen molar-refractivity contribution in [2.24, 2.45) is 68.0 Å². The Balaban J connectivity index is 1.14. The van der Waals surface area contributed by atoms with Crippen LogP contribution in [0.1, 0.15) is 122 Å². The van der Waals surface area contributed by atoms with Gasteiger partial charge in [-0.15, -0.1) is 6.42 Å². The monoisotopic (exact) mass is 499 g/mol. The summed E-state index contributed by atoms with van der Waals surface area (Å²) >= 11 is 0. The second-order valence-electron chi connectivity index (χ2n) is 17.6. The molecule has 0 aromatic carbocycles. The molecule has 0 heterocycles. The number of hydrogen-bond donors (Lipinski definition) is 1. The first-order chi connectivity index (χ1) is 17.8. The van der Waals surface area contributed by atoms with E-state index >= 15 is 0 Å². The van der Waals surface area contributed by atoms with Crippen LogP contribution in [0.3, 0.4) is 0 Å². The van der Waals surface area contributed by atoms with E-state index in [2.05, 4.69) is 18.2 Å². The molecule has 12 saturated carbocycles. The van der Waals surface area contributed by atoms with Crippen LogP contribution >= 0.6 is 0 Å². The molecule has 6 atom stereocenters. The van der Waals surface area contributed by atoms with Crippen molar-refractivity contribution < 1.29 is 4.79 Å². The summed E-state index contributed by atoms with van der Waals surface area (Å²) in [6.45, 7) is 2.91. The van der Waals surface area contributed by atoms with Crippen LogP contribution in [-0.2, 0) is 4.79 Å². The summed E-state index contributed by atoms with van der Waals surface area (Å²) < 4.78 is 0. The van der Waals surface area contributed by atoms with Crippen molar-refractivity contribution in [3.05, 3.63) is 0 Å². The van der Waals surface area contributed by atoms with Gasteiger partial charge in [-0.25, -0.2) is 0 Å². The quantitative estimate of drug-likeness (QED) is 0.398. The van der Waals surface area contributed by atoms with Crippen LogP contribution in [0.15, 0.2) is 0 Å². The Labute approximate surface area is 225 Å². The highest BCUT2D eigenvalue weighted by molar-refractivity contribution is 5.83. The highest BCUT2D eigenvalue weighted by atomic mass is 16.2. The van der Waals surface area contributed by atoms with Gasteiger partial charge in [0.1, 0.15) is 0 Å². The van der Waals surface area contributed by atoms with Crippen LogP contribution < -0.4 is 5.32 Å². The molecule has 0 aromatic heterocycles. The van der Waals surface area contributed by atoms with E-state index in [-0.39, 0.29) is 10.8 Å². The summed E-state index contributed by atoms with van der Waals surface area (Å²) in [6.07, 6.45) is 32.1. The molecule has 12 aliphatic rings. The van der Waals surface area contributed by atoms with E-state index in [1.807, 2.05) is 0 Å². The Kier molecular flexibility index (Phi) is 4.21. The Bertz CT molecular complexity index is 1050. The highest BCUT2D eigenvalue weighted by Gasteiger charge is 2.74. The molecular formula is C35H49NO. The van der Waals surface area contributed by atoms with Crippen molar-refractivity contribution in [1.29, 1.82) is 0 Å². The van der Waals surface area contributed by atoms with Crippen molar-refractivity contribution in [3.63, 3.8) is 0 Å². The number of carbonyl (C=O) groups excluding carboxylic acids is 1. The van der Waals surface area contributed by atoms with Crippen LogP contribution in [0.5, 0.6) is 0 Å². The normalized spacial score (nSPS) is 61.6. The Morgan fingerprint density at radius 1 is 0.649 bits per heavy atom. The summed E-state index contributed by atoms with van der Waals surface area (Å²) in [4.78, 5) is 13.7. The first-order valence-electron chi connectivity index (χ1n) is 16.5. The Morgan fingerprint density at radius 3 is 1.51 bits per heavy atom. The van der Waals surface area contributed by atoms with E-state index in [4.69, 9.17) is 6.42 Å². The Hall–Kier alpha value is -0.970. The molecule has 2 heteroatoms. The third-order valence-electron chi connectivity index (χ3n) is 15.6. The number of rotatable bonds is 4. The second kappa shape index (κ2) is 6.84. The molecule has 12 bridgehead atoms. The van der Waals surface area contributed by atoms with E-state index < -0.39 is 0 Å². The maximum absolute atomic E-state index is 13.7. The van der Waals surface area contributed by atoms with Gasteiger partial charge >= 0.3 is 0 Å². The minimum Gasteiger partial charge on any atom is -0.356 e. The molecule has 2 nitrogen and oxygen atoms in total. The fraction of sp³-hybridized carbons (Fsp3) is 0.914. The lowest BCUT2D eigenvalue weighted by atomic mass is 9.27. The summed E-state index contributed by atoms with van der Waals surface area (Å²) in [5.41, 5.74) is 2.30. The third-order valence-corrected chi connectivity index (χ3v) is 15.6. The molecule has 12 fully saturated rings. The second-order valence-corrected chi connectivity index (χ2v) is 17.6. The van der Waals surface area contributed by atoms with Crippen LogP contribution in [0.25, 0.3) is 0 Å². The van der Waals surface area contributed by atoms with Crippen LogP contribution in [0, 0.1) is 80.3 Å². The van der Waals surface area contributed by atoms with Gasteiger partial charge in [-0.3, -0.25) is 4.79 Å². The first-order valence-corrected chi connectivity index (χ1v) is 16.5. The fourth-order valence-electron chi connectivity index (χ4n) is 16.1. The zero-order valence-electron chi connectivity index (χ0n) is 23.4. The average molecular weight is 500 g/mol. The summed E-state index contributed by atoms with van der Waals surface area (Å²) in [7, 11) is 0. The van der Waals surface area contributed by atoms with Crippen molar-refractivity contribution in [3.8, 4) is 12.3 Å². The smallest absolute Gasteiger partial charge is 0.226 e. The van der Waals surface area contributed by atoms with E-state index in [9.17, 15) is 4.79 Å². The van der Waals surface area contributed by atoms with Crippen LogP contribution in [0.4, 0.5) is 0 Å². The fourth-order valence-corrected chi connectivity index (χ4v) is 16.1. The van der Waals surface area contributed by atoms with Gasteiger partial charge in [0.05, 0.1) is 5.41 Å². The van der Waals surface area contributed by atoms with E-state index in [1.54, 1.807) is 0 Å². The van der Waals surface area contributed by atoms with Gasteiger partial charge in [-0.05, 0) is 180 Å². The number of terminal acetylenes is 1. The standard InChI is InChI=1S/C35H49NO/c1-3-30-8-23-5-24(9-30)13-32(12-23,20-30)34-16-27-7-28(17-34)19-35(18-27,22-34)33-14-25-6-26(15-33)11-31(10-25,21-33)29(37)36-4-2/h1,23-28H,4-22H2,2H3,(H,36,37). The molecule has 0 radical (unpaired) electrons. The van der Waals surface area contributed by atoms with Gasteiger partial charge in [-0.1, -0.05) is 5.92 Å². The van der Waals surface area contributed by atoms with Gasteiger partial charge in [0, 0.05) is 12.0 Å². The van der Waals surface area contributed by atoms with E-state index in [1.165, 1.54) is 116 Å². The van der Waals surface area contributed by atoms with Gasteiger partial charge in [0.25, 0.3) is 0 Å². The topological polar surface area (TPSA) is 29.1 Å². The predicted molar refractivity (Wildman–Crippen MR) is 146 cm³/mol.